The van der Waals surface area contributed by atoms with Crippen molar-refractivity contribution >= 4 is 12.1 Å². The van der Waals surface area contributed by atoms with Gasteiger partial charge in [0, 0.05) is 18.2 Å². The van der Waals surface area contributed by atoms with Crippen molar-refractivity contribution in [2.75, 3.05) is 7.11 Å². The van der Waals surface area contributed by atoms with Crippen LogP contribution < -0.4 is 4.74 Å². The molecule has 0 N–H and O–H groups in total. The maximum absolute atomic E-state index is 12.8. The van der Waals surface area contributed by atoms with E-state index < -0.39 is 0 Å². The summed E-state index contributed by atoms with van der Waals surface area (Å²) in [6, 6.07) is 17.2. The molecule has 1 aliphatic rings. The highest BCUT2D eigenvalue weighted by atomic mass is 16.6. The van der Waals surface area contributed by atoms with Gasteiger partial charge in [0.1, 0.15) is 5.75 Å². The summed E-state index contributed by atoms with van der Waals surface area (Å²) in [6.45, 7) is 0.517. The number of para-hydroxylation sites is 1. The molecule has 0 radical (unpaired) electrons. The molecule has 5 heteroatoms. The molecule has 2 aromatic rings. The SMILES string of the molecule is COC(=O)Cc1ccccc1OC(=O)N(Cc1ccccc1)C1CCC1. The molecule has 1 saturated carbocycles. The lowest BCUT2D eigenvalue weighted by atomic mass is 9.91. The highest BCUT2D eigenvalue weighted by Gasteiger charge is 2.30. The van der Waals surface area contributed by atoms with Crippen molar-refractivity contribution in [1.29, 1.82) is 0 Å². The van der Waals surface area contributed by atoms with E-state index in [1.807, 2.05) is 36.4 Å². The van der Waals surface area contributed by atoms with E-state index in [9.17, 15) is 9.59 Å². The molecule has 136 valence electrons. The standard InChI is InChI=1S/C21H23NO4/c1-25-20(23)14-17-10-5-6-13-19(17)26-21(24)22(18-11-7-12-18)15-16-8-3-2-4-9-16/h2-6,8-10,13,18H,7,11-12,14-15H2,1H3. The Morgan fingerprint density at radius 3 is 2.38 bits per heavy atom. The predicted molar refractivity (Wildman–Crippen MR) is 97.8 cm³/mol. The quantitative estimate of drug-likeness (QED) is 0.738. The summed E-state index contributed by atoms with van der Waals surface area (Å²) < 4.78 is 10.4. The molecule has 1 amide bonds. The van der Waals surface area contributed by atoms with E-state index in [0.29, 0.717) is 17.9 Å². The zero-order valence-corrected chi connectivity index (χ0v) is 14.9. The van der Waals surface area contributed by atoms with Crippen LogP contribution in [0.1, 0.15) is 30.4 Å². The average Bonchev–Trinajstić information content (AvgIpc) is 2.62. The summed E-state index contributed by atoms with van der Waals surface area (Å²) in [5.41, 5.74) is 1.71. The van der Waals surface area contributed by atoms with Crippen LogP contribution in [0.15, 0.2) is 54.6 Å². The molecular weight excluding hydrogens is 330 g/mol. The number of esters is 1. The van der Waals surface area contributed by atoms with Crippen LogP contribution in [0.4, 0.5) is 4.79 Å². The summed E-state index contributed by atoms with van der Waals surface area (Å²) >= 11 is 0. The zero-order valence-electron chi connectivity index (χ0n) is 14.9. The summed E-state index contributed by atoms with van der Waals surface area (Å²) in [5, 5.41) is 0. The normalized spacial score (nSPS) is 13.6. The van der Waals surface area contributed by atoms with Crippen LogP contribution in [0.3, 0.4) is 0 Å². The van der Waals surface area contributed by atoms with Gasteiger partial charge < -0.3 is 14.4 Å². The Labute approximate surface area is 153 Å². The fourth-order valence-electron chi connectivity index (χ4n) is 2.95. The van der Waals surface area contributed by atoms with Crippen LogP contribution in [0.25, 0.3) is 0 Å². The first-order valence-corrected chi connectivity index (χ1v) is 8.84. The smallest absolute Gasteiger partial charge is 0.415 e. The van der Waals surface area contributed by atoms with Crippen LogP contribution in [0, 0.1) is 0 Å². The Morgan fingerprint density at radius 1 is 1.04 bits per heavy atom. The summed E-state index contributed by atoms with van der Waals surface area (Å²) in [6.07, 6.45) is 2.80. The molecule has 0 saturated heterocycles. The van der Waals surface area contributed by atoms with Crippen molar-refractivity contribution < 1.29 is 19.1 Å². The van der Waals surface area contributed by atoms with Crippen LogP contribution in [-0.4, -0.2) is 30.1 Å². The Morgan fingerprint density at radius 2 is 1.73 bits per heavy atom. The summed E-state index contributed by atoms with van der Waals surface area (Å²) in [5.74, 6) is 0.0360. The molecule has 0 aromatic heterocycles. The van der Waals surface area contributed by atoms with Crippen molar-refractivity contribution in [3.63, 3.8) is 0 Å². The van der Waals surface area contributed by atoms with Crippen molar-refractivity contribution in [3.8, 4) is 5.75 Å². The van der Waals surface area contributed by atoms with Gasteiger partial charge in [0.25, 0.3) is 0 Å². The fourth-order valence-corrected chi connectivity index (χ4v) is 2.95. The highest BCUT2D eigenvalue weighted by molar-refractivity contribution is 5.75. The van der Waals surface area contributed by atoms with Crippen LogP contribution >= 0.6 is 0 Å². The molecule has 0 aliphatic heterocycles. The van der Waals surface area contributed by atoms with Gasteiger partial charge in [0.15, 0.2) is 0 Å². The number of methoxy groups -OCH3 is 1. The lowest BCUT2D eigenvalue weighted by molar-refractivity contribution is -0.139. The number of carbonyl (C=O) groups excluding carboxylic acids is 2. The summed E-state index contributed by atoms with van der Waals surface area (Å²) in [4.78, 5) is 26.2. The number of hydrogen-bond acceptors (Lipinski definition) is 4. The molecule has 5 nitrogen and oxygen atoms in total. The van der Waals surface area contributed by atoms with E-state index in [1.54, 1.807) is 23.1 Å². The number of ether oxygens (including phenoxy) is 2. The minimum absolute atomic E-state index is 0.0715. The van der Waals surface area contributed by atoms with Crippen molar-refractivity contribution in [2.45, 2.75) is 38.3 Å². The van der Waals surface area contributed by atoms with Crippen LogP contribution in [0.2, 0.25) is 0 Å². The van der Waals surface area contributed by atoms with E-state index in [0.717, 1.165) is 24.8 Å². The second kappa shape index (κ2) is 8.52. The molecule has 0 bridgehead atoms. The molecule has 1 fully saturated rings. The van der Waals surface area contributed by atoms with E-state index in [2.05, 4.69) is 0 Å². The lowest BCUT2D eigenvalue weighted by Crippen LogP contribution is -2.45. The molecule has 0 unspecified atom stereocenters. The van der Waals surface area contributed by atoms with Crippen molar-refractivity contribution in [1.82, 2.24) is 4.90 Å². The Hall–Kier alpha value is -2.82. The van der Waals surface area contributed by atoms with E-state index >= 15 is 0 Å². The van der Waals surface area contributed by atoms with E-state index in [1.165, 1.54) is 7.11 Å². The summed E-state index contributed by atoms with van der Waals surface area (Å²) in [7, 11) is 1.34. The minimum Gasteiger partial charge on any atom is -0.469 e. The Bertz CT molecular complexity index is 756. The van der Waals surface area contributed by atoms with Gasteiger partial charge in [-0.25, -0.2) is 4.79 Å². The fraction of sp³-hybridized carbons (Fsp3) is 0.333. The van der Waals surface area contributed by atoms with Gasteiger partial charge in [-0.3, -0.25) is 4.79 Å². The van der Waals surface area contributed by atoms with Gasteiger partial charge in [0.05, 0.1) is 13.5 Å². The number of nitrogens with zero attached hydrogens (tertiary/aromatic N) is 1. The monoisotopic (exact) mass is 353 g/mol. The third-order valence-electron chi connectivity index (χ3n) is 4.68. The molecule has 2 aromatic carbocycles. The van der Waals surface area contributed by atoms with E-state index in [-0.39, 0.29) is 24.5 Å². The number of benzene rings is 2. The predicted octanol–water partition coefficient (Wildman–Crippen LogP) is 3.96. The zero-order chi connectivity index (χ0) is 18.4. The van der Waals surface area contributed by atoms with Crippen molar-refractivity contribution in [3.05, 3.63) is 65.7 Å². The highest BCUT2D eigenvalue weighted by Crippen LogP contribution is 2.28. The second-order valence-electron chi connectivity index (χ2n) is 6.43. The maximum Gasteiger partial charge on any atom is 0.415 e. The van der Waals surface area contributed by atoms with Gasteiger partial charge in [-0.15, -0.1) is 0 Å². The maximum atomic E-state index is 12.8. The van der Waals surface area contributed by atoms with Gasteiger partial charge in [-0.05, 0) is 30.9 Å². The Balaban J connectivity index is 1.75. The van der Waals surface area contributed by atoms with Crippen LogP contribution in [-0.2, 0) is 22.5 Å². The topological polar surface area (TPSA) is 55.8 Å². The molecule has 1 aliphatic carbocycles. The van der Waals surface area contributed by atoms with Gasteiger partial charge in [-0.1, -0.05) is 48.5 Å². The number of rotatable bonds is 6. The minimum atomic E-state index is -0.379. The average molecular weight is 353 g/mol. The van der Waals surface area contributed by atoms with Gasteiger partial charge in [0.2, 0.25) is 0 Å². The number of amides is 1. The molecule has 0 heterocycles. The molecule has 3 rings (SSSR count). The molecule has 0 atom stereocenters. The second-order valence-corrected chi connectivity index (χ2v) is 6.43. The van der Waals surface area contributed by atoms with Crippen LogP contribution in [0.5, 0.6) is 5.75 Å². The number of hydrogen-bond donors (Lipinski definition) is 0. The van der Waals surface area contributed by atoms with Crippen molar-refractivity contribution in [2.24, 2.45) is 0 Å². The molecular formula is C21H23NO4. The molecule has 0 spiro atoms. The first-order valence-electron chi connectivity index (χ1n) is 8.84. The Kier molecular flexibility index (Phi) is 5.89. The van der Waals surface area contributed by atoms with Gasteiger partial charge in [-0.2, -0.15) is 0 Å². The third-order valence-corrected chi connectivity index (χ3v) is 4.68. The largest absolute Gasteiger partial charge is 0.469 e. The van der Waals surface area contributed by atoms with E-state index in [4.69, 9.17) is 9.47 Å². The van der Waals surface area contributed by atoms with Gasteiger partial charge >= 0.3 is 12.1 Å². The lowest BCUT2D eigenvalue weighted by Gasteiger charge is -2.36. The third kappa shape index (κ3) is 4.42. The number of carbonyl (C=O) groups is 2. The molecule has 26 heavy (non-hydrogen) atoms. The first kappa shape index (κ1) is 18.0. The first-order chi connectivity index (χ1) is 12.7.